The predicted molar refractivity (Wildman–Crippen MR) is 70.9 cm³/mol. The van der Waals surface area contributed by atoms with Gasteiger partial charge in [0.05, 0.1) is 6.67 Å². The van der Waals surface area contributed by atoms with Crippen molar-refractivity contribution in [2.75, 3.05) is 32.8 Å². The zero-order valence-corrected chi connectivity index (χ0v) is 11.2. The van der Waals surface area contributed by atoms with E-state index in [1.807, 2.05) is 24.3 Å². The number of hydrogen-bond acceptors (Lipinski definition) is 3. The Morgan fingerprint density at radius 1 is 1.41 bits per heavy atom. The first-order valence-corrected chi connectivity index (χ1v) is 6.52. The first-order valence-electron chi connectivity index (χ1n) is 5.72. The van der Waals surface area contributed by atoms with Crippen LogP contribution in [0.25, 0.3) is 0 Å². The Bertz CT molecular complexity index is 391. The van der Waals surface area contributed by atoms with Gasteiger partial charge in [-0.3, -0.25) is 9.69 Å². The van der Waals surface area contributed by atoms with E-state index in [1.54, 1.807) is 0 Å². The third-order valence-corrected chi connectivity index (χ3v) is 3.25. The third kappa shape index (κ3) is 3.80. The molecule has 2 rings (SSSR count). The molecule has 4 nitrogen and oxygen atoms in total. The Morgan fingerprint density at radius 3 is 2.88 bits per heavy atom. The van der Waals surface area contributed by atoms with Crippen LogP contribution in [-0.2, 0) is 0 Å². The van der Waals surface area contributed by atoms with Crippen LogP contribution in [0.4, 0.5) is 0 Å². The summed E-state index contributed by atoms with van der Waals surface area (Å²) in [5, 5.41) is 6.22. The summed E-state index contributed by atoms with van der Waals surface area (Å²) in [5.41, 5.74) is 0.689. The number of nitrogens with zero attached hydrogens (tertiary/aromatic N) is 1. The van der Waals surface area contributed by atoms with Crippen LogP contribution < -0.4 is 10.6 Å². The van der Waals surface area contributed by atoms with E-state index >= 15 is 0 Å². The van der Waals surface area contributed by atoms with E-state index in [0.29, 0.717) is 12.2 Å². The summed E-state index contributed by atoms with van der Waals surface area (Å²) in [5.74, 6) is -0.0233. The zero-order valence-electron chi connectivity index (χ0n) is 9.58. The molecule has 0 aliphatic carbocycles. The summed E-state index contributed by atoms with van der Waals surface area (Å²) in [6, 6.07) is 7.42. The smallest absolute Gasteiger partial charge is 0.252 e. The van der Waals surface area contributed by atoms with Gasteiger partial charge in [-0.1, -0.05) is 22.0 Å². The van der Waals surface area contributed by atoms with Gasteiger partial charge in [0, 0.05) is 36.2 Å². The molecule has 1 aromatic rings. The molecule has 92 valence electrons. The molecular formula is C12H16BrN3O. The molecule has 1 aliphatic heterocycles. The largest absolute Gasteiger partial charge is 0.339 e. The normalized spacial score (nSPS) is 16.8. The molecule has 2 N–H and O–H groups in total. The fourth-order valence-corrected chi connectivity index (χ4v) is 2.18. The highest BCUT2D eigenvalue weighted by molar-refractivity contribution is 9.10. The van der Waals surface area contributed by atoms with Gasteiger partial charge in [-0.05, 0) is 18.2 Å². The minimum atomic E-state index is -0.0233. The highest BCUT2D eigenvalue weighted by Crippen LogP contribution is 2.11. The van der Waals surface area contributed by atoms with Gasteiger partial charge in [0.25, 0.3) is 5.91 Å². The minimum absolute atomic E-state index is 0.0233. The first kappa shape index (κ1) is 12.5. The minimum Gasteiger partial charge on any atom is -0.339 e. The molecule has 5 heteroatoms. The molecule has 0 saturated carbocycles. The second-order valence-electron chi connectivity index (χ2n) is 4.04. The number of hydrogen-bond donors (Lipinski definition) is 2. The molecular weight excluding hydrogens is 282 g/mol. The van der Waals surface area contributed by atoms with E-state index in [1.165, 1.54) is 0 Å². The first-order chi connectivity index (χ1) is 8.25. The summed E-state index contributed by atoms with van der Waals surface area (Å²) in [6.07, 6.45) is 0. The van der Waals surface area contributed by atoms with Crippen LogP contribution in [0.5, 0.6) is 0 Å². The van der Waals surface area contributed by atoms with Gasteiger partial charge in [0.15, 0.2) is 0 Å². The summed E-state index contributed by atoms with van der Waals surface area (Å²) < 4.78 is 0.923. The van der Waals surface area contributed by atoms with E-state index in [0.717, 1.165) is 30.7 Å². The molecule has 1 saturated heterocycles. The van der Waals surface area contributed by atoms with Crippen LogP contribution in [0, 0.1) is 0 Å². The molecule has 17 heavy (non-hydrogen) atoms. The maximum atomic E-state index is 11.9. The lowest BCUT2D eigenvalue weighted by molar-refractivity contribution is 0.0917. The second-order valence-corrected chi connectivity index (χ2v) is 4.96. The van der Waals surface area contributed by atoms with Crippen molar-refractivity contribution >= 4 is 21.8 Å². The highest BCUT2D eigenvalue weighted by atomic mass is 79.9. The number of amides is 1. The molecule has 0 bridgehead atoms. The van der Waals surface area contributed by atoms with Crippen LogP contribution in [0.2, 0.25) is 0 Å². The Balaban J connectivity index is 1.84. The van der Waals surface area contributed by atoms with Crippen LogP contribution in [0.1, 0.15) is 10.4 Å². The lowest BCUT2D eigenvalue weighted by Gasteiger charge is -2.27. The highest BCUT2D eigenvalue weighted by Gasteiger charge is 2.11. The van der Waals surface area contributed by atoms with Gasteiger partial charge in [0.1, 0.15) is 0 Å². The van der Waals surface area contributed by atoms with E-state index in [-0.39, 0.29) is 5.91 Å². The van der Waals surface area contributed by atoms with E-state index in [2.05, 4.69) is 31.5 Å². The van der Waals surface area contributed by atoms with E-state index in [9.17, 15) is 4.79 Å². The third-order valence-electron chi connectivity index (χ3n) is 2.76. The van der Waals surface area contributed by atoms with Crippen molar-refractivity contribution in [2.45, 2.75) is 0 Å². The molecule has 0 aromatic heterocycles. The molecule has 0 spiro atoms. The van der Waals surface area contributed by atoms with E-state index in [4.69, 9.17) is 0 Å². The lowest BCUT2D eigenvalue weighted by Crippen LogP contribution is -2.48. The van der Waals surface area contributed by atoms with Gasteiger partial charge in [-0.2, -0.15) is 0 Å². The molecule has 1 aliphatic rings. The maximum Gasteiger partial charge on any atom is 0.252 e. The molecule has 1 aromatic carbocycles. The van der Waals surface area contributed by atoms with Crippen molar-refractivity contribution < 1.29 is 4.79 Å². The number of carbonyl (C=O) groups excluding carboxylic acids is 1. The maximum absolute atomic E-state index is 11.9. The van der Waals surface area contributed by atoms with Gasteiger partial charge >= 0.3 is 0 Å². The molecule has 0 atom stereocenters. The fourth-order valence-electron chi connectivity index (χ4n) is 1.78. The Hall–Kier alpha value is -0.910. The number of piperazine rings is 1. The van der Waals surface area contributed by atoms with Crippen LogP contribution in [0.15, 0.2) is 28.7 Å². The standard InChI is InChI=1S/C12H16BrN3O/c13-11-3-1-2-10(8-11)12(17)15-9-16-6-4-14-5-7-16/h1-3,8,14H,4-7,9H2,(H,15,17). The SMILES string of the molecule is O=C(NCN1CCNCC1)c1cccc(Br)c1. The Kier molecular flexibility index (Phi) is 4.53. The topological polar surface area (TPSA) is 44.4 Å². The van der Waals surface area contributed by atoms with Crippen molar-refractivity contribution in [3.05, 3.63) is 34.3 Å². The number of halogens is 1. The fraction of sp³-hybridized carbons (Fsp3) is 0.417. The number of carbonyl (C=O) groups is 1. The molecule has 1 heterocycles. The van der Waals surface area contributed by atoms with Crippen LogP contribution in [0.3, 0.4) is 0 Å². The van der Waals surface area contributed by atoms with E-state index < -0.39 is 0 Å². The van der Waals surface area contributed by atoms with Crippen molar-refractivity contribution in [2.24, 2.45) is 0 Å². The van der Waals surface area contributed by atoms with Crippen molar-refractivity contribution in [1.82, 2.24) is 15.5 Å². The quantitative estimate of drug-likeness (QED) is 0.876. The number of rotatable bonds is 3. The number of nitrogens with one attached hydrogen (secondary N) is 2. The summed E-state index contributed by atoms with van der Waals surface area (Å²) in [7, 11) is 0. The van der Waals surface area contributed by atoms with Gasteiger partial charge < -0.3 is 10.6 Å². The van der Waals surface area contributed by atoms with Crippen molar-refractivity contribution in [3.63, 3.8) is 0 Å². The zero-order chi connectivity index (χ0) is 12.1. The average molecular weight is 298 g/mol. The van der Waals surface area contributed by atoms with Crippen molar-refractivity contribution in [1.29, 1.82) is 0 Å². The molecule has 0 unspecified atom stereocenters. The summed E-state index contributed by atoms with van der Waals surface area (Å²) in [4.78, 5) is 14.1. The van der Waals surface area contributed by atoms with Gasteiger partial charge in [-0.15, -0.1) is 0 Å². The van der Waals surface area contributed by atoms with Crippen LogP contribution in [-0.4, -0.2) is 43.7 Å². The molecule has 1 fully saturated rings. The van der Waals surface area contributed by atoms with Crippen LogP contribution >= 0.6 is 15.9 Å². The van der Waals surface area contributed by atoms with Crippen molar-refractivity contribution in [3.8, 4) is 0 Å². The monoisotopic (exact) mass is 297 g/mol. The Morgan fingerprint density at radius 2 is 2.18 bits per heavy atom. The molecule has 0 radical (unpaired) electrons. The predicted octanol–water partition coefficient (Wildman–Crippen LogP) is 1.04. The lowest BCUT2D eigenvalue weighted by atomic mass is 10.2. The second kappa shape index (κ2) is 6.14. The average Bonchev–Trinajstić information content (AvgIpc) is 2.37. The van der Waals surface area contributed by atoms with Gasteiger partial charge in [0.2, 0.25) is 0 Å². The Labute approximate surface area is 110 Å². The van der Waals surface area contributed by atoms with Gasteiger partial charge in [-0.25, -0.2) is 0 Å². The summed E-state index contributed by atoms with van der Waals surface area (Å²) in [6.45, 7) is 4.57. The number of benzene rings is 1. The molecule has 1 amide bonds. The summed E-state index contributed by atoms with van der Waals surface area (Å²) >= 11 is 3.36.